The third-order valence-corrected chi connectivity index (χ3v) is 8.60. The minimum atomic E-state index is -3.89. The number of hydrogen-bond donors (Lipinski definition) is 1. The number of carbonyl (C=O) groups excluding carboxylic acids is 1. The molecule has 11 heteroatoms. The predicted molar refractivity (Wildman–Crippen MR) is 143 cm³/mol. The zero-order valence-electron chi connectivity index (χ0n) is 20.4. The van der Waals surface area contributed by atoms with Gasteiger partial charge in [0.25, 0.3) is 5.91 Å². The molecule has 0 radical (unpaired) electrons. The smallest absolute Gasteiger partial charge is 0.306 e. The van der Waals surface area contributed by atoms with Crippen LogP contribution in [0, 0.1) is 0 Å². The second-order valence-electron chi connectivity index (χ2n) is 8.95. The molecule has 1 aliphatic rings. The predicted octanol–water partition coefficient (Wildman–Crippen LogP) is 5.13. The van der Waals surface area contributed by atoms with Gasteiger partial charge in [-0.3, -0.25) is 9.59 Å². The highest BCUT2D eigenvalue weighted by Gasteiger charge is 2.48. The Morgan fingerprint density at radius 2 is 1.79 bits per heavy atom. The number of aromatic nitrogens is 1. The van der Waals surface area contributed by atoms with E-state index in [1.54, 1.807) is 67.6 Å². The maximum absolute atomic E-state index is 13.9. The van der Waals surface area contributed by atoms with E-state index in [0.29, 0.717) is 21.2 Å². The molecular formula is C27H26Cl2N2O6S. The maximum atomic E-state index is 13.9. The molecular weight excluding hydrogens is 551 g/mol. The molecule has 8 nitrogen and oxygen atoms in total. The summed E-state index contributed by atoms with van der Waals surface area (Å²) in [5.74, 6) is -2.22. The van der Waals surface area contributed by atoms with E-state index < -0.39 is 58.2 Å². The lowest BCUT2D eigenvalue weighted by Crippen LogP contribution is -2.56. The highest BCUT2D eigenvalue weighted by Crippen LogP contribution is 2.45. The van der Waals surface area contributed by atoms with Crippen molar-refractivity contribution < 1.29 is 27.9 Å². The van der Waals surface area contributed by atoms with Gasteiger partial charge in [-0.05, 0) is 53.9 Å². The first-order valence-electron chi connectivity index (χ1n) is 11.9. The van der Waals surface area contributed by atoms with Crippen molar-refractivity contribution in [2.24, 2.45) is 0 Å². The van der Waals surface area contributed by atoms with Crippen LogP contribution >= 0.6 is 23.2 Å². The summed E-state index contributed by atoms with van der Waals surface area (Å²) >= 11 is 12.4. The molecule has 2 aromatic carbocycles. The van der Waals surface area contributed by atoms with Crippen LogP contribution in [0.2, 0.25) is 10.0 Å². The average Bonchev–Trinajstić information content (AvgIpc) is 2.89. The van der Waals surface area contributed by atoms with E-state index in [2.05, 4.69) is 4.98 Å². The third kappa shape index (κ3) is 6.18. The summed E-state index contributed by atoms with van der Waals surface area (Å²) < 4.78 is 32.8. The number of sulfone groups is 1. The fourth-order valence-corrected chi connectivity index (χ4v) is 6.57. The number of rotatable bonds is 9. The van der Waals surface area contributed by atoms with Gasteiger partial charge in [0.2, 0.25) is 0 Å². The van der Waals surface area contributed by atoms with Crippen molar-refractivity contribution in [3.63, 3.8) is 0 Å². The highest BCUT2D eigenvalue weighted by molar-refractivity contribution is 7.91. The molecule has 1 N–H and O–H groups in total. The highest BCUT2D eigenvalue weighted by atomic mass is 35.5. The number of halogens is 2. The first-order valence-corrected chi connectivity index (χ1v) is 14.4. The van der Waals surface area contributed by atoms with Crippen LogP contribution in [0.5, 0.6) is 0 Å². The van der Waals surface area contributed by atoms with Gasteiger partial charge in [-0.25, -0.2) is 13.4 Å². The number of carboxylic acid groups (broad SMARTS) is 1. The van der Waals surface area contributed by atoms with Crippen LogP contribution in [0.3, 0.4) is 0 Å². The summed E-state index contributed by atoms with van der Waals surface area (Å²) in [5, 5.41) is 10.3. The first-order chi connectivity index (χ1) is 18.1. The number of amides is 1. The van der Waals surface area contributed by atoms with Crippen molar-refractivity contribution in [1.82, 2.24) is 9.88 Å². The quantitative estimate of drug-likeness (QED) is 0.375. The topological polar surface area (TPSA) is 114 Å². The van der Waals surface area contributed by atoms with E-state index >= 15 is 0 Å². The minimum absolute atomic E-state index is 0.101. The Bertz CT molecular complexity index is 1400. The monoisotopic (exact) mass is 576 g/mol. The lowest BCUT2D eigenvalue weighted by molar-refractivity contribution is -0.182. The number of hydrogen-bond acceptors (Lipinski definition) is 6. The number of ether oxygens (including phenoxy) is 1. The van der Waals surface area contributed by atoms with Crippen LogP contribution in [0.4, 0.5) is 0 Å². The molecule has 1 aliphatic heterocycles. The lowest BCUT2D eigenvalue weighted by Gasteiger charge is -2.48. The second kappa shape index (κ2) is 11.8. The van der Waals surface area contributed by atoms with E-state index in [1.807, 2.05) is 0 Å². The van der Waals surface area contributed by atoms with E-state index in [4.69, 9.17) is 27.9 Å². The van der Waals surface area contributed by atoms with Gasteiger partial charge in [-0.2, -0.15) is 0 Å². The van der Waals surface area contributed by atoms with Crippen LogP contribution in [0.25, 0.3) is 0 Å². The fourth-order valence-electron chi connectivity index (χ4n) is 4.66. The van der Waals surface area contributed by atoms with Crippen molar-refractivity contribution in [2.75, 3.05) is 5.75 Å². The fraction of sp³-hybridized carbons (Fsp3) is 0.296. The van der Waals surface area contributed by atoms with Crippen molar-refractivity contribution in [2.45, 2.75) is 49.1 Å². The van der Waals surface area contributed by atoms with E-state index in [-0.39, 0.29) is 11.4 Å². The van der Waals surface area contributed by atoms with Crippen LogP contribution in [0.15, 0.2) is 78.0 Å². The average molecular weight is 577 g/mol. The van der Waals surface area contributed by atoms with E-state index in [0.717, 1.165) is 0 Å². The Labute approximate surface area is 231 Å². The molecule has 200 valence electrons. The van der Waals surface area contributed by atoms with Crippen molar-refractivity contribution in [3.05, 3.63) is 94.1 Å². The molecule has 1 aromatic heterocycles. The van der Waals surface area contributed by atoms with Gasteiger partial charge < -0.3 is 14.7 Å². The normalized spacial score (nSPS) is 20.8. The van der Waals surface area contributed by atoms with Crippen molar-refractivity contribution >= 4 is 44.9 Å². The zero-order valence-corrected chi connectivity index (χ0v) is 22.7. The maximum Gasteiger partial charge on any atom is 0.306 e. The van der Waals surface area contributed by atoms with Gasteiger partial charge in [-0.1, -0.05) is 60.5 Å². The van der Waals surface area contributed by atoms with Gasteiger partial charge in [-0.15, -0.1) is 0 Å². The molecule has 2 heterocycles. The molecule has 38 heavy (non-hydrogen) atoms. The Balaban J connectivity index is 1.86. The molecule has 0 saturated carbocycles. The summed E-state index contributed by atoms with van der Waals surface area (Å²) in [5.41, 5.74) is 1.27. The number of aliphatic carboxylic acids is 1. The number of nitrogens with zero attached hydrogens (tertiary/aromatic N) is 2. The molecule has 0 aliphatic carbocycles. The molecule has 0 bridgehead atoms. The van der Waals surface area contributed by atoms with Crippen LogP contribution in [-0.2, 0) is 24.2 Å². The number of morpholine rings is 1. The standard InChI is InChI=1S/C27H26Cl2N2O6S/c1-2-21(16-38(35,36)23-8-3-4-13-30-23)31-25(17-9-11-19(28)12-10-17)26(18-6-5-7-20(29)14-18)37-22(27(31)34)15-24(32)33/h3-14,21-22,25-26H,2,15-16H2,1H3,(H,32,33). The molecule has 4 atom stereocenters. The third-order valence-electron chi connectivity index (χ3n) is 6.41. The van der Waals surface area contributed by atoms with Crippen molar-refractivity contribution in [3.8, 4) is 0 Å². The summed E-state index contributed by atoms with van der Waals surface area (Å²) in [6.07, 6.45) is -1.06. The Hall–Kier alpha value is -2.98. The Morgan fingerprint density at radius 1 is 1.05 bits per heavy atom. The number of carboxylic acids is 1. The Morgan fingerprint density at radius 3 is 2.39 bits per heavy atom. The van der Waals surface area contributed by atoms with Gasteiger partial charge >= 0.3 is 5.97 Å². The van der Waals surface area contributed by atoms with Gasteiger partial charge in [0.1, 0.15) is 12.2 Å². The molecule has 4 rings (SSSR count). The van der Waals surface area contributed by atoms with Crippen molar-refractivity contribution in [1.29, 1.82) is 0 Å². The molecule has 1 saturated heterocycles. The first kappa shape index (κ1) is 28.0. The van der Waals surface area contributed by atoms with Gasteiger partial charge in [0, 0.05) is 22.3 Å². The molecule has 4 unspecified atom stereocenters. The number of benzene rings is 2. The van der Waals surface area contributed by atoms with E-state index in [9.17, 15) is 23.1 Å². The Kier molecular flexibility index (Phi) is 8.72. The van der Waals surface area contributed by atoms with E-state index in [1.165, 1.54) is 17.2 Å². The molecule has 3 aromatic rings. The largest absolute Gasteiger partial charge is 0.481 e. The zero-order chi connectivity index (χ0) is 27.4. The molecule has 0 spiro atoms. The van der Waals surface area contributed by atoms with Crippen LogP contribution in [-0.4, -0.2) is 53.2 Å². The summed E-state index contributed by atoms with van der Waals surface area (Å²) in [6.45, 7) is 1.78. The number of pyridine rings is 1. The minimum Gasteiger partial charge on any atom is -0.481 e. The lowest BCUT2D eigenvalue weighted by atomic mass is 9.89. The molecule has 1 fully saturated rings. The molecule has 1 amide bonds. The van der Waals surface area contributed by atoms with Crippen LogP contribution < -0.4 is 0 Å². The van der Waals surface area contributed by atoms with Gasteiger partial charge in [0.15, 0.2) is 14.9 Å². The summed E-state index contributed by atoms with van der Waals surface area (Å²) in [6, 6.07) is 16.7. The second-order valence-corrected chi connectivity index (χ2v) is 11.8. The number of carbonyl (C=O) groups is 2. The summed E-state index contributed by atoms with van der Waals surface area (Å²) in [7, 11) is -3.89. The van der Waals surface area contributed by atoms with Gasteiger partial charge in [0.05, 0.1) is 18.2 Å². The van der Waals surface area contributed by atoms with Crippen LogP contribution in [0.1, 0.15) is 43.0 Å². The SMILES string of the molecule is CCC(CS(=O)(=O)c1ccccn1)N1C(=O)C(CC(=O)O)OC(c2cccc(Cl)c2)C1c1ccc(Cl)cc1. The summed E-state index contributed by atoms with van der Waals surface area (Å²) in [4.78, 5) is 31.0.